The summed E-state index contributed by atoms with van der Waals surface area (Å²) in [7, 11) is 0. The monoisotopic (exact) mass is 355 g/mol. The van der Waals surface area contributed by atoms with Gasteiger partial charge in [-0.05, 0) is 39.0 Å². The van der Waals surface area contributed by atoms with Crippen LogP contribution in [0.3, 0.4) is 0 Å². The molecule has 2 rings (SSSR count). The first kappa shape index (κ1) is 18.4. The van der Waals surface area contributed by atoms with Crippen LogP contribution < -0.4 is 10.6 Å². The molecule has 1 heterocycles. The molecule has 0 bridgehead atoms. The lowest BCUT2D eigenvalue weighted by atomic mass is 10.1. The van der Waals surface area contributed by atoms with Crippen LogP contribution in [0, 0.1) is 10.1 Å². The van der Waals surface area contributed by atoms with Gasteiger partial charge in [-0.1, -0.05) is 6.07 Å². The minimum Gasteiger partial charge on any atom is -0.360 e. The first-order valence-electron chi connectivity index (χ1n) is 7.19. The number of aromatic nitrogens is 2. The number of alkyl halides is 3. The van der Waals surface area contributed by atoms with Crippen LogP contribution in [-0.2, 0) is 6.18 Å². The van der Waals surface area contributed by atoms with Crippen molar-refractivity contribution < 1.29 is 18.1 Å². The molecule has 0 aliphatic rings. The van der Waals surface area contributed by atoms with E-state index in [0.29, 0.717) is 0 Å². The number of anilines is 3. The molecule has 7 nitrogen and oxygen atoms in total. The van der Waals surface area contributed by atoms with Crippen LogP contribution >= 0.6 is 0 Å². The summed E-state index contributed by atoms with van der Waals surface area (Å²) in [6.45, 7) is 5.37. The molecule has 10 heteroatoms. The van der Waals surface area contributed by atoms with Crippen molar-refractivity contribution in [3.63, 3.8) is 0 Å². The molecule has 0 spiro atoms. The predicted octanol–water partition coefficient (Wildman–Crippen LogP) is 4.36. The van der Waals surface area contributed by atoms with Crippen LogP contribution in [0.1, 0.15) is 26.3 Å². The van der Waals surface area contributed by atoms with Gasteiger partial charge in [0.2, 0.25) is 11.6 Å². The van der Waals surface area contributed by atoms with E-state index in [1.165, 1.54) is 12.1 Å². The van der Waals surface area contributed by atoms with E-state index in [-0.39, 0.29) is 17.3 Å². The Kier molecular flexibility index (Phi) is 4.82. The Hall–Kier alpha value is -2.91. The number of nitrogens with zero attached hydrogens (tertiary/aromatic N) is 3. The number of nitro groups is 1. The SMILES string of the molecule is CC(C)(C)Nc1ncnc(Nc2cccc(C(F)(F)F)c2)c1[N+](=O)[O-]. The van der Waals surface area contributed by atoms with E-state index in [0.717, 1.165) is 18.5 Å². The highest BCUT2D eigenvalue weighted by Gasteiger charge is 2.31. The fourth-order valence-corrected chi connectivity index (χ4v) is 2.00. The van der Waals surface area contributed by atoms with Gasteiger partial charge in [0.25, 0.3) is 0 Å². The molecule has 0 aliphatic carbocycles. The molecule has 0 unspecified atom stereocenters. The molecule has 0 amide bonds. The van der Waals surface area contributed by atoms with Crippen LogP contribution in [0.2, 0.25) is 0 Å². The number of benzene rings is 1. The van der Waals surface area contributed by atoms with E-state index in [1.54, 1.807) is 20.8 Å². The van der Waals surface area contributed by atoms with E-state index >= 15 is 0 Å². The average molecular weight is 355 g/mol. The molecule has 1 aromatic heterocycles. The van der Waals surface area contributed by atoms with Gasteiger partial charge in [-0.25, -0.2) is 9.97 Å². The highest BCUT2D eigenvalue weighted by molar-refractivity contribution is 5.74. The zero-order valence-electron chi connectivity index (χ0n) is 13.7. The molecule has 0 saturated carbocycles. The van der Waals surface area contributed by atoms with Crippen LogP contribution in [0.15, 0.2) is 30.6 Å². The van der Waals surface area contributed by atoms with Gasteiger partial charge in [-0.15, -0.1) is 0 Å². The van der Waals surface area contributed by atoms with E-state index < -0.39 is 27.9 Å². The van der Waals surface area contributed by atoms with Crippen LogP contribution in [-0.4, -0.2) is 20.4 Å². The molecule has 25 heavy (non-hydrogen) atoms. The lowest BCUT2D eigenvalue weighted by Gasteiger charge is -2.21. The van der Waals surface area contributed by atoms with Crippen molar-refractivity contribution in [2.75, 3.05) is 10.6 Å². The zero-order chi connectivity index (χ0) is 18.8. The van der Waals surface area contributed by atoms with Crippen LogP contribution in [0.4, 0.5) is 36.2 Å². The Bertz CT molecular complexity index is 787. The third-order valence-electron chi connectivity index (χ3n) is 2.95. The summed E-state index contributed by atoms with van der Waals surface area (Å²) in [5, 5.41) is 16.9. The van der Waals surface area contributed by atoms with E-state index in [1.807, 2.05) is 0 Å². The van der Waals surface area contributed by atoms with Crippen LogP contribution in [0.5, 0.6) is 0 Å². The fourth-order valence-electron chi connectivity index (χ4n) is 2.00. The summed E-state index contributed by atoms with van der Waals surface area (Å²) in [6, 6.07) is 4.32. The quantitative estimate of drug-likeness (QED) is 0.625. The molecular weight excluding hydrogens is 339 g/mol. The van der Waals surface area contributed by atoms with Crippen molar-refractivity contribution in [2.24, 2.45) is 0 Å². The Balaban J connectivity index is 2.43. The van der Waals surface area contributed by atoms with Gasteiger partial charge >= 0.3 is 11.9 Å². The summed E-state index contributed by atoms with van der Waals surface area (Å²) in [5.41, 5.74) is -1.80. The molecular formula is C15H16F3N5O2. The maximum absolute atomic E-state index is 12.8. The van der Waals surface area contributed by atoms with Gasteiger partial charge in [0.05, 0.1) is 10.5 Å². The average Bonchev–Trinajstić information content (AvgIpc) is 2.44. The number of nitrogens with one attached hydrogen (secondary N) is 2. The number of hydrogen-bond donors (Lipinski definition) is 2. The Morgan fingerprint density at radius 3 is 2.32 bits per heavy atom. The highest BCUT2D eigenvalue weighted by atomic mass is 19.4. The van der Waals surface area contributed by atoms with Crippen molar-refractivity contribution >= 4 is 23.0 Å². The lowest BCUT2D eigenvalue weighted by Crippen LogP contribution is -2.27. The number of hydrogen-bond acceptors (Lipinski definition) is 6. The normalized spacial score (nSPS) is 11.9. The number of halogens is 3. The minimum absolute atomic E-state index is 0.0259. The summed E-state index contributed by atoms with van der Waals surface area (Å²) in [4.78, 5) is 18.4. The molecule has 1 aromatic carbocycles. The first-order valence-corrected chi connectivity index (χ1v) is 7.19. The van der Waals surface area contributed by atoms with Crippen molar-refractivity contribution in [1.82, 2.24) is 9.97 Å². The van der Waals surface area contributed by atoms with Gasteiger partial charge in [0, 0.05) is 11.2 Å². The Morgan fingerprint density at radius 1 is 1.12 bits per heavy atom. The Morgan fingerprint density at radius 2 is 1.76 bits per heavy atom. The molecule has 0 aliphatic heterocycles. The van der Waals surface area contributed by atoms with Gasteiger partial charge in [0.15, 0.2) is 0 Å². The largest absolute Gasteiger partial charge is 0.416 e. The van der Waals surface area contributed by atoms with Gasteiger partial charge < -0.3 is 10.6 Å². The fraction of sp³-hybridized carbons (Fsp3) is 0.333. The second kappa shape index (κ2) is 6.54. The molecule has 2 aromatic rings. The molecule has 134 valence electrons. The van der Waals surface area contributed by atoms with E-state index in [4.69, 9.17) is 0 Å². The molecule has 0 atom stereocenters. The standard InChI is InChI=1S/C15H16F3N5O2/c1-14(2,3)22-13-11(23(24)25)12(19-8-20-13)21-10-6-4-5-9(7-10)15(16,17)18/h4-8H,1-3H3,(H2,19,20,21,22). The molecule has 0 fully saturated rings. The third kappa shape index (κ3) is 4.78. The van der Waals surface area contributed by atoms with Crippen molar-refractivity contribution in [3.8, 4) is 0 Å². The van der Waals surface area contributed by atoms with Gasteiger partial charge in [-0.2, -0.15) is 13.2 Å². The second-order valence-corrected chi connectivity index (χ2v) is 6.26. The van der Waals surface area contributed by atoms with Gasteiger partial charge in [-0.3, -0.25) is 10.1 Å². The summed E-state index contributed by atoms with van der Waals surface area (Å²) in [6.07, 6.45) is -3.43. The smallest absolute Gasteiger partial charge is 0.360 e. The summed E-state index contributed by atoms with van der Waals surface area (Å²) >= 11 is 0. The Labute approximate surface area is 141 Å². The van der Waals surface area contributed by atoms with Crippen molar-refractivity contribution in [1.29, 1.82) is 0 Å². The van der Waals surface area contributed by atoms with E-state index in [9.17, 15) is 23.3 Å². The minimum atomic E-state index is -4.52. The molecule has 0 saturated heterocycles. The van der Waals surface area contributed by atoms with Crippen LogP contribution in [0.25, 0.3) is 0 Å². The van der Waals surface area contributed by atoms with Gasteiger partial charge in [0.1, 0.15) is 6.33 Å². The predicted molar refractivity (Wildman–Crippen MR) is 86.8 cm³/mol. The number of rotatable bonds is 4. The lowest BCUT2D eigenvalue weighted by molar-refractivity contribution is -0.383. The maximum atomic E-state index is 12.8. The zero-order valence-corrected chi connectivity index (χ0v) is 13.7. The van der Waals surface area contributed by atoms with E-state index in [2.05, 4.69) is 20.6 Å². The molecule has 0 radical (unpaired) electrons. The van der Waals surface area contributed by atoms with Crippen molar-refractivity contribution in [3.05, 3.63) is 46.3 Å². The second-order valence-electron chi connectivity index (χ2n) is 6.26. The first-order chi connectivity index (χ1) is 11.5. The summed E-state index contributed by atoms with van der Waals surface area (Å²) in [5.74, 6) is -0.229. The molecule has 2 N–H and O–H groups in total. The highest BCUT2D eigenvalue weighted by Crippen LogP contribution is 2.35. The van der Waals surface area contributed by atoms with Crippen molar-refractivity contribution in [2.45, 2.75) is 32.5 Å². The topological polar surface area (TPSA) is 93.0 Å². The summed E-state index contributed by atoms with van der Waals surface area (Å²) < 4.78 is 38.4. The third-order valence-corrected chi connectivity index (χ3v) is 2.95. The maximum Gasteiger partial charge on any atom is 0.416 e.